The quantitative estimate of drug-likeness (QED) is 0.703. The lowest BCUT2D eigenvalue weighted by Crippen LogP contribution is -2.12. The Bertz CT molecular complexity index is 864. The number of hydrogen-bond donors (Lipinski definition) is 0. The maximum atomic E-state index is 12.9. The number of rotatable bonds is 2. The van der Waals surface area contributed by atoms with Crippen molar-refractivity contribution in [3.05, 3.63) is 47.8 Å². The smallest absolute Gasteiger partial charge is 0.438 e. The van der Waals surface area contributed by atoms with Crippen LogP contribution in [-0.2, 0) is 11.6 Å². The minimum Gasteiger partial charge on any atom is -0.438 e. The maximum Gasteiger partial charge on any atom is 0.453 e. The Kier molecular flexibility index (Phi) is 3.70. The zero-order chi connectivity index (χ0) is 17.5. The minimum atomic E-state index is -4.64. The summed E-state index contributed by atoms with van der Waals surface area (Å²) in [5.74, 6) is -0.682. The number of aromatic nitrogens is 4. The van der Waals surface area contributed by atoms with Gasteiger partial charge in [0.2, 0.25) is 5.88 Å². The number of fused-ring (bicyclic) bond motifs is 1. The highest BCUT2D eigenvalue weighted by molar-refractivity contribution is 5.39. The molecule has 126 valence electrons. The summed E-state index contributed by atoms with van der Waals surface area (Å²) >= 11 is 0. The molecule has 1 aromatic carbocycles. The lowest BCUT2D eigenvalue weighted by molar-refractivity contribution is -0.146. The molecule has 24 heavy (non-hydrogen) atoms. The van der Waals surface area contributed by atoms with Crippen LogP contribution in [0.5, 0.6) is 11.6 Å². The molecule has 0 fully saturated rings. The average molecular weight is 336 g/mol. The van der Waals surface area contributed by atoms with E-state index >= 15 is 0 Å². The van der Waals surface area contributed by atoms with Gasteiger partial charge in [0.1, 0.15) is 5.75 Å². The van der Waals surface area contributed by atoms with Crippen LogP contribution < -0.4 is 4.74 Å². The SMILES string of the molecule is CC(C)(C)c1ccc(Oc2ccc3nnc(C(F)(F)F)n3n2)cc1. The van der Waals surface area contributed by atoms with Crippen LogP contribution >= 0.6 is 0 Å². The van der Waals surface area contributed by atoms with Gasteiger partial charge in [0.25, 0.3) is 5.82 Å². The van der Waals surface area contributed by atoms with E-state index in [4.69, 9.17) is 4.74 Å². The van der Waals surface area contributed by atoms with Gasteiger partial charge >= 0.3 is 6.18 Å². The van der Waals surface area contributed by atoms with Crippen LogP contribution in [0.2, 0.25) is 0 Å². The van der Waals surface area contributed by atoms with Gasteiger partial charge in [0.05, 0.1) is 0 Å². The first-order valence-corrected chi connectivity index (χ1v) is 7.23. The van der Waals surface area contributed by atoms with Gasteiger partial charge in [-0.05, 0) is 29.2 Å². The molecular weight excluding hydrogens is 321 g/mol. The van der Waals surface area contributed by atoms with Crippen LogP contribution in [0.1, 0.15) is 32.2 Å². The van der Waals surface area contributed by atoms with Crippen LogP contribution in [0.25, 0.3) is 5.65 Å². The van der Waals surface area contributed by atoms with E-state index in [1.807, 2.05) is 12.1 Å². The molecule has 3 aromatic rings. The van der Waals surface area contributed by atoms with E-state index in [9.17, 15) is 13.2 Å². The zero-order valence-corrected chi connectivity index (χ0v) is 13.3. The fraction of sp³-hybridized carbons (Fsp3) is 0.312. The molecule has 2 heterocycles. The molecule has 0 spiro atoms. The van der Waals surface area contributed by atoms with Crippen LogP contribution in [0.3, 0.4) is 0 Å². The Labute approximate surface area is 136 Å². The molecule has 0 saturated carbocycles. The monoisotopic (exact) mass is 336 g/mol. The molecule has 0 saturated heterocycles. The first-order chi connectivity index (χ1) is 11.1. The van der Waals surface area contributed by atoms with E-state index in [1.54, 1.807) is 12.1 Å². The van der Waals surface area contributed by atoms with E-state index in [0.717, 1.165) is 5.56 Å². The third-order valence-corrected chi connectivity index (χ3v) is 3.43. The largest absolute Gasteiger partial charge is 0.453 e. The maximum absolute atomic E-state index is 12.9. The molecule has 0 amide bonds. The molecule has 2 aromatic heterocycles. The van der Waals surface area contributed by atoms with Crippen molar-refractivity contribution in [3.63, 3.8) is 0 Å². The minimum absolute atomic E-state index is 0.000218. The van der Waals surface area contributed by atoms with E-state index < -0.39 is 12.0 Å². The highest BCUT2D eigenvalue weighted by atomic mass is 19.4. The van der Waals surface area contributed by atoms with Gasteiger partial charge in [0.15, 0.2) is 5.65 Å². The van der Waals surface area contributed by atoms with Gasteiger partial charge < -0.3 is 4.74 Å². The van der Waals surface area contributed by atoms with Crippen molar-refractivity contribution in [2.24, 2.45) is 0 Å². The second-order valence-corrected chi connectivity index (χ2v) is 6.34. The summed E-state index contributed by atoms with van der Waals surface area (Å²) in [6.45, 7) is 6.26. The van der Waals surface area contributed by atoms with Gasteiger partial charge in [-0.1, -0.05) is 32.9 Å². The van der Waals surface area contributed by atoms with E-state index in [1.165, 1.54) is 12.1 Å². The standard InChI is InChI=1S/C16H15F3N4O/c1-15(2,3)10-4-6-11(7-5-10)24-13-9-8-12-20-21-14(16(17,18)19)23(12)22-13/h4-9H,1-3H3. The van der Waals surface area contributed by atoms with E-state index in [2.05, 4.69) is 36.1 Å². The summed E-state index contributed by atoms with van der Waals surface area (Å²) in [4.78, 5) is 0. The third kappa shape index (κ3) is 3.17. The van der Waals surface area contributed by atoms with Crippen molar-refractivity contribution >= 4 is 5.65 Å². The zero-order valence-electron chi connectivity index (χ0n) is 13.3. The lowest BCUT2D eigenvalue weighted by atomic mass is 9.87. The number of nitrogens with zero attached hydrogens (tertiary/aromatic N) is 4. The Morgan fingerprint density at radius 1 is 0.917 bits per heavy atom. The molecule has 8 heteroatoms. The molecule has 3 rings (SSSR count). The normalized spacial score (nSPS) is 12.6. The predicted octanol–water partition coefficient (Wildman–Crippen LogP) is 4.23. The molecule has 0 unspecified atom stereocenters. The summed E-state index contributed by atoms with van der Waals surface area (Å²) in [6.07, 6.45) is -4.64. The lowest BCUT2D eigenvalue weighted by Gasteiger charge is -2.19. The van der Waals surface area contributed by atoms with Gasteiger partial charge in [-0.2, -0.15) is 17.7 Å². The van der Waals surface area contributed by atoms with Crippen molar-refractivity contribution in [1.82, 2.24) is 19.8 Å². The number of ether oxygens (including phenoxy) is 1. The fourth-order valence-electron chi connectivity index (χ4n) is 2.15. The summed E-state index contributed by atoms with van der Waals surface area (Å²) in [5.41, 5.74) is 1.12. The third-order valence-electron chi connectivity index (χ3n) is 3.43. The molecule has 0 N–H and O–H groups in total. The second-order valence-electron chi connectivity index (χ2n) is 6.34. The Hall–Kier alpha value is -2.64. The van der Waals surface area contributed by atoms with Crippen LogP contribution in [0, 0.1) is 0 Å². The first kappa shape index (κ1) is 16.2. The van der Waals surface area contributed by atoms with Gasteiger partial charge in [-0.3, -0.25) is 0 Å². The molecule has 0 aliphatic heterocycles. The summed E-state index contributed by atoms with van der Waals surface area (Å²) in [6, 6.07) is 10.1. The second kappa shape index (κ2) is 5.47. The number of halogens is 3. The fourth-order valence-corrected chi connectivity index (χ4v) is 2.15. The topological polar surface area (TPSA) is 52.3 Å². The first-order valence-electron chi connectivity index (χ1n) is 7.23. The molecule has 0 aliphatic rings. The van der Waals surface area contributed by atoms with Crippen LogP contribution in [0.15, 0.2) is 36.4 Å². The molecule has 0 aliphatic carbocycles. The van der Waals surface area contributed by atoms with Crippen molar-refractivity contribution in [1.29, 1.82) is 0 Å². The summed E-state index contributed by atoms with van der Waals surface area (Å²) in [7, 11) is 0. The highest BCUT2D eigenvalue weighted by Crippen LogP contribution is 2.29. The van der Waals surface area contributed by atoms with Gasteiger partial charge in [-0.15, -0.1) is 15.3 Å². The number of hydrogen-bond acceptors (Lipinski definition) is 4. The predicted molar refractivity (Wildman–Crippen MR) is 81.0 cm³/mol. The van der Waals surface area contributed by atoms with Gasteiger partial charge in [-0.25, -0.2) is 0 Å². The highest BCUT2D eigenvalue weighted by Gasteiger charge is 2.37. The van der Waals surface area contributed by atoms with Crippen molar-refractivity contribution < 1.29 is 17.9 Å². The molecular formula is C16H15F3N4O. The number of benzene rings is 1. The van der Waals surface area contributed by atoms with Crippen LogP contribution in [0.4, 0.5) is 13.2 Å². The average Bonchev–Trinajstić information content (AvgIpc) is 2.90. The molecule has 5 nitrogen and oxygen atoms in total. The van der Waals surface area contributed by atoms with Crippen molar-refractivity contribution in [2.45, 2.75) is 32.4 Å². The summed E-state index contributed by atoms with van der Waals surface area (Å²) < 4.78 is 44.7. The molecule has 0 bridgehead atoms. The van der Waals surface area contributed by atoms with E-state index in [-0.39, 0.29) is 16.9 Å². The Morgan fingerprint density at radius 2 is 1.58 bits per heavy atom. The number of alkyl halides is 3. The van der Waals surface area contributed by atoms with Crippen LogP contribution in [-0.4, -0.2) is 19.8 Å². The Balaban J connectivity index is 1.90. The van der Waals surface area contributed by atoms with Crippen molar-refractivity contribution in [3.8, 4) is 11.6 Å². The Morgan fingerprint density at radius 3 is 2.17 bits per heavy atom. The summed E-state index contributed by atoms with van der Waals surface area (Å²) in [5, 5.41) is 10.4. The molecule has 0 atom stereocenters. The molecule has 0 radical (unpaired) electrons. The van der Waals surface area contributed by atoms with Crippen molar-refractivity contribution in [2.75, 3.05) is 0 Å². The van der Waals surface area contributed by atoms with Gasteiger partial charge in [0, 0.05) is 6.07 Å². The van der Waals surface area contributed by atoms with E-state index in [0.29, 0.717) is 10.3 Å².